The highest BCUT2D eigenvalue weighted by atomic mass is 32.1. The van der Waals surface area contributed by atoms with Gasteiger partial charge in [0.05, 0.1) is 16.4 Å². The Kier molecular flexibility index (Phi) is 6.15. The predicted molar refractivity (Wildman–Crippen MR) is 94.1 cm³/mol. The van der Waals surface area contributed by atoms with Gasteiger partial charge in [-0.1, -0.05) is 0 Å². The third-order valence-electron chi connectivity index (χ3n) is 3.43. The molecule has 0 saturated heterocycles. The van der Waals surface area contributed by atoms with Crippen LogP contribution in [0.1, 0.15) is 39.8 Å². The maximum Gasteiger partial charge on any atom is 0.216 e. The monoisotopic (exact) mass is 335 g/mol. The van der Waals surface area contributed by atoms with E-state index in [0.29, 0.717) is 12.4 Å². The highest BCUT2D eigenvalue weighted by molar-refractivity contribution is 7.11. The molecule has 0 atom stereocenters. The fourth-order valence-corrected chi connectivity index (χ4v) is 3.13. The molecule has 6 nitrogen and oxygen atoms in total. The van der Waals surface area contributed by atoms with Crippen molar-refractivity contribution in [3.8, 4) is 0 Å². The summed E-state index contributed by atoms with van der Waals surface area (Å²) in [5.41, 5.74) is 2.05. The molecule has 0 amide bonds. The van der Waals surface area contributed by atoms with Gasteiger partial charge in [0.25, 0.3) is 0 Å². The summed E-state index contributed by atoms with van der Waals surface area (Å²) in [5.74, 6) is 2.27. The molecule has 0 bridgehead atoms. The molecule has 0 spiro atoms. The molecule has 2 aromatic rings. The number of hydrogen-bond acceptors (Lipinski definition) is 5. The Labute approximate surface area is 141 Å². The van der Waals surface area contributed by atoms with Crippen LogP contribution in [0, 0.1) is 27.7 Å². The highest BCUT2D eigenvalue weighted by Gasteiger charge is 2.07. The second-order valence-electron chi connectivity index (χ2n) is 5.36. The van der Waals surface area contributed by atoms with Crippen molar-refractivity contribution in [3.05, 3.63) is 32.9 Å². The van der Waals surface area contributed by atoms with Crippen LogP contribution >= 0.6 is 11.3 Å². The Morgan fingerprint density at radius 2 is 1.91 bits per heavy atom. The van der Waals surface area contributed by atoms with Crippen LogP contribution in [-0.2, 0) is 13.0 Å². The van der Waals surface area contributed by atoms with E-state index in [-0.39, 0.29) is 0 Å². The van der Waals surface area contributed by atoms with Crippen molar-refractivity contribution >= 4 is 17.3 Å². The molecule has 0 fully saturated rings. The van der Waals surface area contributed by atoms with E-state index in [4.69, 9.17) is 4.42 Å². The summed E-state index contributed by atoms with van der Waals surface area (Å²) < 4.78 is 5.55. The van der Waals surface area contributed by atoms with Crippen LogP contribution in [0.5, 0.6) is 0 Å². The first-order valence-electron chi connectivity index (χ1n) is 7.87. The van der Waals surface area contributed by atoms with Crippen LogP contribution in [0.2, 0.25) is 0 Å². The van der Waals surface area contributed by atoms with Crippen LogP contribution in [0.4, 0.5) is 0 Å². The molecule has 2 N–H and O–H groups in total. The zero-order valence-corrected chi connectivity index (χ0v) is 15.3. The molecule has 126 valence electrons. The number of hydrogen-bond donors (Lipinski definition) is 2. The first kappa shape index (κ1) is 17.5. The van der Waals surface area contributed by atoms with Gasteiger partial charge in [-0.15, -0.1) is 11.3 Å². The van der Waals surface area contributed by atoms with Gasteiger partial charge in [-0.2, -0.15) is 0 Å². The maximum atomic E-state index is 5.55. The van der Waals surface area contributed by atoms with Gasteiger partial charge < -0.3 is 15.1 Å². The Morgan fingerprint density at radius 1 is 1.13 bits per heavy atom. The first-order valence-corrected chi connectivity index (χ1v) is 8.69. The Bertz CT molecular complexity index is 655. The first-order chi connectivity index (χ1) is 11.0. The van der Waals surface area contributed by atoms with E-state index in [1.54, 1.807) is 11.3 Å². The molecular weight excluding hydrogens is 310 g/mol. The van der Waals surface area contributed by atoms with E-state index >= 15 is 0 Å². The van der Waals surface area contributed by atoms with Gasteiger partial charge in [-0.25, -0.2) is 15.0 Å². The summed E-state index contributed by atoms with van der Waals surface area (Å²) in [6, 6.07) is 0. The van der Waals surface area contributed by atoms with Crippen LogP contribution in [0.25, 0.3) is 0 Å². The average molecular weight is 335 g/mol. The number of guanidine groups is 1. The highest BCUT2D eigenvalue weighted by Crippen LogP contribution is 2.17. The summed E-state index contributed by atoms with van der Waals surface area (Å²) in [6.45, 7) is 12.1. The summed E-state index contributed by atoms with van der Waals surface area (Å²) in [5, 5.41) is 7.70. The number of thiazole rings is 1. The summed E-state index contributed by atoms with van der Waals surface area (Å²) in [7, 11) is 0. The standard InChI is InChI=1S/C16H25N5OS/c1-6-17-16(19-9-15-21-10(2)12(4)22-15)18-8-7-14-11(3)20-13(5)23-14/h6-9H2,1-5H3,(H2,17,18,19). The molecule has 23 heavy (non-hydrogen) atoms. The van der Waals surface area contributed by atoms with Crippen molar-refractivity contribution in [3.63, 3.8) is 0 Å². The summed E-state index contributed by atoms with van der Waals surface area (Å²) in [6.07, 6.45) is 0.943. The van der Waals surface area contributed by atoms with Crippen molar-refractivity contribution in [2.75, 3.05) is 13.1 Å². The van der Waals surface area contributed by atoms with E-state index in [0.717, 1.165) is 47.6 Å². The molecule has 0 radical (unpaired) electrons. The molecule has 0 aliphatic carbocycles. The van der Waals surface area contributed by atoms with Gasteiger partial charge in [-0.05, 0) is 34.6 Å². The Hall–Kier alpha value is -1.89. The largest absolute Gasteiger partial charge is 0.444 e. The van der Waals surface area contributed by atoms with Gasteiger partial charge in [0.1, 0.15) is 12.3 Å². The van der Waals surface area contributed by atoms with Crippen molar-refractivity contribution in [1.82, 2.24) is 20.6 Å². The molecule has 0 unspecified atom stereocenters. The minimum atomic E-state index is 0.433. The van der Waals surface area contributed by atoms with Gasteiger partial charge >= 0.3 is 0 Å². The molecule has 0 aliphatic rings. The average Bonchev–Trinajstić information content (AvgIpc) is 2.98. The third-order valence-corrected chi connectivity index (χ3v) is 4.57. The Balaban J connectivity index is 1.90. The van der Waals surface area contributed by atoms with E-state index in [2.05, 4.69) is 32.5 Å². The second kappa shape index (κ2) is 8.10. The summed E-state index contributed by atoms with van der Waals surface area (Å²) >= 11 is 1.76. The normalized spacial score (nSPS) is 11.8. The number of nitrogens with one attached hydrogen (secondary N) is 2. The topological polar surface area (TPSA) is 75.3 Å². The molecule has 7 heteroatoms. The second-order valence-corrected chi connectivity index (χ2v) is 6.65. The van der Waals surface area contributed by atoms with E-state index in [9.17, 15) is 0 Å². The van der Waals surface area contributed by atoms with Crippen molar-refractivity contribution in [2.24, 2.45) is 4.99 Å². The molecule has 2 heterocycles. The van der Waals surface area contributed by atoms with Gasteiger partial charge in [0.15, 0.2) is 5.96 Å². The number of aliphatic imine (C=N–C) groups is 1. The predicted octanol–water partition coefficient (Wildman–Crippen LogP) is 2.66. The lowest BCUT2D eigenvalue weighted by Crippen LogP contribution is -2.38. The zero-order valence-electron chi connectivity index (χ0n) is 14.5. The van der Waals surface area contributed by atoms with Gasteiger partial charge in [-0.3, -0.25) is 0 Å². The van der Waals surface area contributed by atoms with Crippen LogP contribution in [-0.4, -0.2) is 29.0 Å². The molecule has 0 aromatic carbocycles. The third kappa shape index (κ3) is 5.06. The molecule has 0 saturated carbocycles. The summed E-state index contributed by atoms with van der Waals surface area (Å²) in [4.78, 5) is 14.7. The van der Waals surface area contributed by atoms with Gasteiger partial charge in [0.2, 0.25) is 5.89 Å². The minimum absolute atomic E-state index is 0.433. The quantitative estimate of drug-likeness (QED) is 0.627. The smallest absolute Gasteiger partial charge is 0.216 e. The fourth-order valence-electron chi connectivity index (χ4n) is 2.20. The molecule has 0 aliphatic heterocycles. The zero-order chi connectivity index (χ0) is 16.8. The SMILES string of the molecule is CCNC(=NCc1nc(C)c(C)o1)NCCc1sc(C)nc1C. The van der Waals surface area contributed by atoms with Crippen molar-refractivity contribution < 1.29 is 4.42 Å². The number of rotatable bonds is 6. The Morgan fingerprint density at radius 3 is 2.48 bits per heavy atom. The lowest BCUT2D eigenvalue weighted by Gasteiger charge is -2.10. The van der Waals surface area contributed by atoms with Crippen LogP contribution in [0.3, 0.4) is 0 Å². The molecule has 2 aromatic heterocycles. The number of oxazole rings is 1. The van der Waals surface area contributed by atoms with E-state index in [1.165, 1.54) is 4.88 Å². The minimum Gasteiger partial charge on any atom is -0.444 e. The molecular formula is C16H25N5OS. The van der Waals surface area contributed by atoms with E-state index in [1.807, 2.05) is 27.7 Å². The number of nitrogens with zero attached hydrogens (tertiary/aromatic N) is 3. The molecule has 2 rings (SSSR count). The van der Waals surface area contributed by atoms with Gasteiger partial charge in [0, 0.05) is 24.4 Å². The maximum absolute atomic E-state index is 5.55. The van der Waals surface area contributed by atoms with Crippen LogP contribution < -0.4 is 10.6 Å². The fraction of sp³-hybridized carbons (Fsp3) is 0.562. The number of aryl methyl sites for hydroxylation is 4. The number of aromatic nitrogens is 2. The van der Waals surface area contributed by atoms with E-state index < -0.39 is 0 Å². The van der Waals surface area contributed by atoms with Crippen molar-refractivity contribution in [1.29, 1.82) is 0 Å². The van der Waals surface area contributed by atoms with Crippen molar-refractivity contribution in [2.45, 2.75) is 47.6 Å². The lowest BCUT2D eigenvalue weighted by atomic mass is 10.3. The lowest BCUT2D eigenvalue weighted by molar-refractivity contribution is 0.473. The van der Waals surface area contributed by atoms with Crippen LogP contribution in [0.15, 0.2) is 9.41 Å².